The van der Waals surface area contributed by atoms with Gasteiger partial charge in [0.25, 0.3) is 0 Å². The minimum Gasteiger partial charge on any atom is -0.346 e. The van der Waals surface area contributed by atoms with E-state index in [1.54, 1.807) is 0 Å². The van der Waals surface area contributed by atoms with E-state index in [0.717, 1.165) is 24.7 Å². The Kier molecular flexibility index (Phi) is 5.31. The summed E-state index contributed by atoms with van der Waals surface area (Å²) >= 11 is 15.8. The average Bonchev–Trinajstić information content (AvgIpc) is 3.27. The molecule has 5 aliphatic heterocycles. The molecule has 10 heteroatoms. The Balaban J connectivity index is 1.29. The molecule has 0 aliphatic carbocycles. The summed E-state index contributed by atoms with van der Waals surface area (Å²) in [6, 6.07) is 0. The van der Waals surface area contributed by atoms with Crippen LogP contribution in [0.15, 0.2) is 25.4 Å². The molecule has 1 fully saturated rings. The van der Waals surface area contributed by atoms with Crippen molar-refractivity contribution >= 4 is 94.1 Å². The predicted molar refractivity (Wildman–Crippen MR) is 116 cm³/mol. The van der Waals surface area contributed by atoms with Crippen molar-refractivity contribution < 1.29 is 9.47 Å². The van der Waals surface area contributed by atoms with Crippen LogP contribution in [0.4, 0.5) is 0 Å². The lowest BCUT2D eigenvalue weighted by Crippen LogP contribution is -2.35. The maximum Gasteiger partial charge on any atom is 0.187 e. The number of rotatable bonds is 0. The molecule has 0 aromatic heterocycles. The lowest BCUT2D eigenvalue weighted by Gasteiger charge is -2.24. The second-order valence-corrected chi connectivity index (χ2v) is 14.8. The summed E-state index contributed by atoms with van der Waals surface area (Å²) < 4.78 is 20.7. The second kappa shape index (κ2) is 7.16. The number of hydrogen-bond donors (Lipinski definition) is 0. The summed E-state index contributed by atoms with van der Waals surface area (Å²) in [6.07, 6.45) is 0. The SMILES string of the molecule is C1COC2(CSC3=C(SC2)SC(=C2SC4=C(SCCS4)S2)S3)O1. The van der Waals surface area contributed by atoms with Gasteiger partial charge in [0, 0.05) is 11.5 Å². The molecule has 124 valence electrons. The van der Waals surface area contributed by atoms with Gasteiger partial charge < -0.3 is 9.47 Å². The fourth-order valence-electron chi connectivity index (χ4n) is 2.39. The highest BCUT2D eigenvalue weighted by molar-refractivity contribution is 8.45. The van der Waals surface area contributed by atoms with E-state index >= 15 is 0 Å². The molecule has 5 heterocycles. The fourth-order valence-corrected chi connectivity index (χ4v) is 14.8. The summed E-state index contributed by atoms with van der Waals surface area (Å²) in [5, 5.41) is 0. The molecule has 0 amide bonds. The van der Waals surface area contributed by atoms with Crippen LogP contribution in [0.1, 0.15) is 0 Å². The van der Waals surface area contributed by atoms with E-state index in [4.69, 9.17) is 9.47 Å². The van der Waals surface area contributed by atoms with Gasteiger partial charge in [-0.25, -0.2) is 0 Å². The minimum absolute atomic E-state index is 0.348. The zero-order chi connectivity index (χ0) is 15.3. The predicted octanol–water partition coefficient (Wildman–Crippen LogP) is 6.03. The maximum atomic E-state index is 5.88. The molecule has 2 nitrogen and oxygen atoms in total. The summed E-state index contributed by atoms with van der Waals surface area (Å²) in [5.74, 6) is 3.98. The first-order valence-corrected chi connectivity index (χ1v) is 14.3. The Morgan fingerprint density at radius 2 is 1.00 bits per heavy atom. The van der Waals surface area contributed by atoms with Crippen molar-refractivity contribution in [2.24, 2.45) is 0 Å². The molecule has 1 spiro atoms. The highest BCUT2D eigenvalue weighted by Gasteiger charge is 2.42. The van der Waals surface area contributed by atoms with Gasteiger partial charge in [-0.15, -0.1) is 47.0 Å². The number of thioether (sulfide) groups is 8. The molecule has 0 unspecified atom stereocenters. The van der Waals surface area contributed by atoms with E-state index in [1.165, 1.54) is 36.9 Å². The topological polar surface area (TPSA) is 18.5 Å². The highest BCUT2D eigenvalue weighted by atomic mass is 32.3. The normalized spacial score (nSPS) is 30.3. The minimum atomic E-state index is -0.348. The van der Waals surface area contributed by atoms with Crippen molar-refractivity contribution in [3.8, 4) is 0 Å². The largest absolute Gasteiger partial charge is 0.346 e. The van der Waals surface area contributed by atoms with Gasteiger partial charge in [-0.2, -0.15) is 0 Å². The van der Waals surface area contributed by atoms with Crippen LogP contribution in [0, 0.1) is 0 Å². The first-order valence-electron chi connectivity index (χ1n) is 7.05. The van der Waals surface area contributed by atoms with Crippen molar-refractivity contribution in [2.45, 2.75) is 5.79 Å². The van der Waals surface area contributed by atoms with Crippen molar-refractivity contribution in [1.29, 1.82) is 0 Å². The van der Waals surface area contributed by atoms with E-state index < -0.39 is 0 Å². The zero-order valence-electron chi connectivity index (χ0n) is 11.8. The summed E-state index contributed by atoms with van der Waals surface area (Å²) in [5.41, 5.74) is 0. The monoisotopic (exact) mass is 456 g/mol. The summed E-state index contributed by atoms with van der Waals surface area (Å²) in [6.45, 7) is 1.47. The van der Waals surface area contributed by atoms with Gasteiger partial charge in [0.05, 0.1) is 50.1 Å². The number of hydrogen-bond acceptors (Lipinski definition) is 10. The molecule has 1 saturated heterocycles. The summed E-state index contributed by atoms with van der Waals surface area (Å²) in [7, 11) is 0. The van der Waals surface area contributed by atoms with E-state index in [-0.39, 0.29) is 5.79 Å². The van der Waals surface area contributed by atoms with E-state index in [0.29, 0.717) is 0 Å². The van der Waals surface area contributed by atoms with E-state index in [9.17, 15) is 0 Å². The van der Waals surface area contributed by atoms with Crippen LogP contribution in [0.5, 0.6) is 0 Å². The summed E-state index contributed by atoms with van der Waals surface area (Å²) in [4.78, 5) is 0. The van der Waals surface area contributed by atoms with Gasteiger partial charge in [0.1, 0.15) is 0 Å². The van der Waals surface area contributed by atoms with Crippen molar-refractivity contribution in [3.63, 3.8) is 0 Å². The van der Waals surface area contributed by atoms with Crippen LogP contribution >= 0.6 is 94.1 Å². The van der Waals surface area contributed by atoms with Gasteiger partial charge in [-0.3, -0.25) is 0 Å². The Morgan fingerprint density at radius 3 is 1.48 bits per heavy atom. The van der Waals surface area contributed by atoms with E-state index in [1.807, 2.05) is 94.1 Å². The van der Waals surface area contributed by atoms with Crippen LogP contribution in [-0.2, 0) is 9.47 Å². The Labute approximate surface area is 169 Å². The van der Waals surface area contributed by atoms with Crippen LogP contribution in [-0.4, -0.2) is 42.0 Å². The zero-order valence-corrected chi connectivity index (χ0v) is 18.4. The van der Waals surface area contributed by atoms with Crippen LogP contribution in [0.2, 0.25) is 0 Å². The molecule has 5 rings (SSSR count). The molecule has 0 radical (unpaired) electrons. The third kappa shape index (κ3) is 3.43. The molecular weight excluding hydrogens is 445 g/mol. The molecule has 0 aromatic carbocycles. The van der Waals surface area contributed by atoms with E-state index in [2.05, 4.69) is 0 Å². The van der Waals surface area contributed by atoms with Gasteiger partial charge in [0.2, 0.25) is 0 Å². The van der Waals surface area contributed by atoms with Crippen molar-refractivity contribution in [1.82, 2.24) is 0 Å². The number of ether oxygens (including phenoxy) is 2. The van der Waals surface area contributed by atoms with Crippen LogP contribution in [0.25, 0.3) is 0 Å². The Hall–Kier alpha value is 1.94. The molecule has 5 aliphatic rings. The van der Waals surface area contributed by atoms with Crippen LogP contribution < -0.4 is 0 Å². The first kappa shape index (κ1) is 17.1. The Morgan fingerprint density at radius 1 is 0.565 bits per heavy atom. The lowest BCUT2D eigenvalue weighted by atomic mass is 10.4. The Bertz CT molecular complexity index is 590. The molecule has 23 heavy (non-hydrogen) atoms. The standard InChI is InChI=1S/C13H12O2S8/c1-2-15-13(14-1)5-18-9-10(19-6-13)23-12(22-9)11-20-7-8(21-11)17-4-3-16-7/h1-6H2. The molecular formula is C13H12O2S8. The fraction of sp³-hybridized carbons (Fsp3) is 0.538. The molecule has 0 N–H and O–H groups in total. The third-order valence-corrected chi connectivity index (χ3v) is 15.6. The smallest absolute Gasteiger partial charge is 0.187 e. The first-order chi connectivity index (χ1) is 11.3. The second-order valence-electron chi connectivity index (χ2n) is 5.01. The van der Waals surface area contributed by atoms with Crippen molar-refractivity contribution in [2.75, 3.05) is 36.2 Å². The van der Waals surface area contributed by atoms with Gasteiger partial charge in [-0.05, 0) is 0 Å². The van der Waals surface area contributed by atoms with Crippen LogP contribution in [0.3, 0.4) is 0 Å². The maximum absolute atomic E-state index is 5.88. The quantitative estimate of drug-likeness (QED) is 0.428. The lowest BCUT2D eigenvalue weighted by molar-refractivity contribution is -0.116. The van der Waals surface area contributed by atoms with Crippen molar-refractivity contribution in [3.05, 3.63) is 25.4 Å². The molecule has 0 aromatic rings. The molecule has 0 saturated carbocycles. The van der Waals surface area contributed by atoms with Gasteiger partial charge >= 0.3 is 0 Å². The van der Waals surface area contributed by atoms with Gasteiger partial charge in [-0.1, -0.05) is 47.0 Å². The molecule has 0 atom stereocenters. The third-order valence-electron chi connectivity index (χ3n) is 3.45. The average molecular weight is 457 g/mol. The van der Waals surface area contributed by atoms with Gasteiger partial charge in [0.15, 0.2) is 5.79 Å². The highest BCUT2D eigenvalue weighted by Crippen LogP contribution is 2.67. The molecule has 0 bridgehead atoms.